The van der Waals surface area contributed by atoms with Crippen LogP contribution < -0.4 is 9.47 Å². The molecule has 0 spiro atoms. The minimum absolute atomic E-state index is 0.0224. The highest BCUT2D eigenvalue weighted by Crippen LogP contribution is 2.47. The number of hydrogen-bond donors (Lipinski definition) is 0. The van der Waals surface area contributed by atoms with Crippen molar-refractivity contribution in [2.24, 2.45) is 5.92 Å². The summed E-state index contributed by atoms with van der Waals surface area (Å²) in [5.41, 5.74) is 4.88. The molecule has 0 saturated carbocycles. The Bertz CT molecular complexity index is 2320. The zero-order chi connectivity index (χ0) is 38.3. The fraction of sp³-hybridized carbons (Fsp3) is 0.349. The number of pyridine rings is 2. The van der Waals surface area contributed by atoms with Crippen molar-refractivity contribution in [3.8, 4) is 45.1 Å². The van der Waals surface area contributed by atoms with Crippen molar-refractivity contribution >= 4 is 33.4 Å². The molecule has 3 aromatic heterocycles. The number of ether oxygens (including phenoxy) is 3. The molecule has 1 unspecified atom stereocenters. The van der Waals surface area contributed by atoms with Crippen molar-refractivity contribution in [1.82, 2.24) is 19.8 Å². The van der Waals surface area contributed by atoms with E-state index in [1.165, 1.54) is 35.6 Å². The minimum Gasteiger partial charge on any atom is -0.493 e. The lowest BCUT2D eigenvalue weighted by Crippen LogP contribution is -2.40. The lowest BCUT2D eigenvalue weighted by Gasteiger charge is -2.31. The van der Waals surface area contributed by atoms with Crippen molar-refractivity contribution in [1.29, 1.82) is 0 Å². The summed E-state index contributed by atoms with van der Waals surface area (Å²) in [6.45, 7) is 7.97. The van der Waals surface area contributed by atoms with E-state index in [2.05, 4.69) is 0 Å². The molecular weight excluding hydrogens is 723 g/mol. The second-order valence-corrected chi connectivity index (χ2v) is 16.1. The van der Waals surface area contributed by atoms with E-state index in [4.69, 9.17) is 24.2 Å². The highest BCUT2D eigenvalue weighted by atomic mass is 32.1. The van der Waals surface area contributed by atoms with Gasteiger partial charge in [0.1, 0.15) is 35.3 Å². The summed E-state index contributed by atoms with van der Waals surface area (Å²) >= 11 is 1.51. The van der Waals surface area contributed by atoms with Gasteiger partial charge in [-0.15, -0.1) is 11.3 Å². The van der Waals surface area contributed by atoms with Gasteiger partial charge >= 0.3 is 6.09 Å². The molecule has 1 atom stereocenters. The predicted octanol–water partition coefficient (Wildman–Crippen LogP) is 9.22. The zero-order valence-corrected chi connectivity index (χ0v) is 31.9. The second kappa shape index (κ2) is 15.1. The van der Waals surface area contributed by atoms with Gasteiger partial charge in [0.2, 0.25) is 5.91 Å². The molecule has 1 fully saturated rings. The second-order valence-electron chi connectivity index (χ2n) is 15.2. The van der Waals surface area contributed by atoms with Crippen molar-refractivity contribution in [2.45, 2.75) is 58.6 Å². The van der Waals surface area contributed by atoms with E-state index < -0.39 is 23.3 Å². The first kappa shape index (κ1) is 36.6. The van der Waals surface area contributed by atoms with E-state index in [9.17, 15) is 14.0 Å². The third-order valence-electron chi connectivity index (χ3n) is 10.1. The Kier molecular flexibility index (Phi) is 10.0. The van der Waals surface area contributed by atoms with Crippen LogP contribution in [0.5, 0.6) is 11.5 Å². The molecule has 0 N–H and O–H groups in total. The van der Waals surface area contributed by atoms with Crippen LogP contribution >= 0.6 is 11.3 Å². The van der Waals surface area contributed by atoms with Gasteiger partial charge in [0.15, 0.2) is 0 Å². The monoisotopic (exact) mass is 764 g/mol. The number of carbonyl (C=O) groups excluding carboxylic acids is 2. The summed E-state index contributed by atoms with van der Waals surface area (Å²) in [6, 6.07) is 12.9. The fourth-order valence-electron chi connectivity index (χ4n) is 7.44. The quantitative estimate of drug-likeness (QED) is 0.157. The van der Waals surface area contributed by atoms with Crippen LogP contribution in [0.2, 0.25) is 0 Å². The molecule has 2 amide bonds. The first-order valence-corrected chi connectivity index (χ1v) is 19.5. The van der Waals surface area contributed by atoms with Crippen LogP contribution in [-0.4, -0.2) is 70.2 Å². The van der Waals surface area contributed by atoms with Gasteiger partial charge in [-0.05, 0) is 81.0 Å². The van der Waals surface area contributed by atoms with Gasteiger partial charge in [-0.3, -0.25) is 9.78 Å². The molecule has 5 aromatic rings. The number of halogens is 2. The molecule has 9 nitrogen and oxygen atoms in total. The zero-order valence-electron chi connectivity index (χ0n) is 31.1. The van der Waals surface area contributed by atoms with Crippen LogP contribution in [0.15, 0.2) is 72.3 Å². The molecular formula is C43H42F2N4O5S. The molecule has 2 aromatic carbocycles. The summed E-state index contributed by atoms with van der Waals surface area (Å²) in [5, 5.41) is 2.78. The van der Waals surface area contributed by atoms with Crippen molar-refractivity contribution in [3.63, 3.8) is 0 Å². The Labute approximate surface area is 322 Å². The number of amides is 2. The SMILES string of the molecule is CC(C)(C)OC(=O)N1CCc2ncc(-c3nc4c5ccsc5c3-c3ccc(F)cc3OCC3CCN(CC/C=C/COc5cc(F)ccc5-4)C(=O)C3)cc2C1. The molecule has 55 heavy (non-hydrogen) atoms. The Hall–Kier alpha value is -5.36. The summed E-state index contributed by atoms with van der Waals surface area (Å²) < 4.78 is 49.1. The summed E-state index contributed by atoms with van der Waals surface area (Å²) in [6.07, 6.45) is 7.58. The largest absolute Gasteiger partial charge is 0.493 e. The van der Waals surface area contributed by atoms with E-state index in [-0.39, 0.29) is 25.0 Å². The maximum absolute atomic E-state index is 15.1. The van der Waals surface area contributed by atoms with E-state index in [0.717, 1.165) is 33.3 Å². The van der Waals surface area contributed by atoms with Crippen LogP contribution in [-0.2, 0) is 22.5 Å². The number of nitrogens with zero attached hydrogens (tertiary/aromatic N) is 4. The molecule has 0 radical (unpaired) electrons. The first-order chi connectivity index (χ1) is 26.5. The van der Waals surface area contributed by atoms with Crippen molar-refractivity contribution in [2.75, 3.05) is 32.8 Å². The topological polar surface area (TPSA) is 94.1 Å². The predicted molar refractivity (Wildman–Crippen MR) is 208 cm³/mol. The molecule has 284 valence electrons. The third-order valence-corrected chi connectivity index (χ3v) is 11.1. The Morgan fingerprint density at radius 1 is 0.945 bits per heavy atom. The number of fused-ring (bicyclic) bond motifs is 1. The maximum atomic E-state index is 15.1. The fourth-order valence-corrected chi connectivity index (χ4v) is 8.40. The number of rotatable bonds is 1. The molecule has 0 aliphatic carbocycles. The maximum Gasteiger partial charge on any atom is 0.410 e. The smallest absolute Gasteiger partial charge is 0.410 e. The molecule has 6 aliphatic heterocycles. The average Bonchev–Trinajstić information content (AvgIpc) is 3.64. The number of aromatic nitrogens is 2. The molecule has 11 rings (SSSR count). The normalized spacial score (nSPS) is 18.2. The van der Waals surface area contributed by atoms with Crippen LogP contribution in [0.4, 0.5) is 13.6 Å². The van der Waals surface area contributed by atoms with E-state index in [1.54, 1.807) is 23.2 Å². The number of piperidine rings is 1. The van der Waals surface area contributed by atoms with Crippen LogP contribution in [0.1, 0.15) is 51.3 Å². The molecule has 1 saturated heterocycles. The highest BCUT2D eigenvalue weighted by molar-refractivity contribution is 7.18. The molecule has 9 heterocycles. The van der Waals surface area contributed by atoms with Gasteiger partial charge < -0.3 is 24.0 Å². The van der Waals surface area contributed by atoms with Gasteiger partial charge in [-0.1, -0.05) is 12.2 Å². The summed E-state index contributed by atoms with van der Waals surface area (Å²) in [7, 11) is 0. The number of carbonyl (C=O) groups is 2. The van der Waals surface area contributed by atoms with Crippen molar-refractivity contribution < 1.29 is 32.6 Å². The van der Waals surface area contributed by atoms with E-state index in [1.807, 2.05) is 55.3 Å². The van der Waals surface area contributed by atoms with E-state index >= 15 is 4.39 Å². The molecule has 6 aliphatic rings. The third kappa shape index (κ3) is 7.78. The van der Waals surface area contributed by atoms with Crippen LogP contribution in [0.3, 0.4) is 0 Å². The number of hydrogen-bond acceptors (Lipinski definition) is 8. The standard InChI is InChI=1S/C43H42F2N4O5S/c1-43(2,3)54-42(51)49-16-12-34-28(24-49)20-27(23-46-34)39-38-31-9-7-29(44)21-35(31)53-25-26-11-15-48(37(50)19-26)14-5-4-6-17-52-36-22-30(45)8-10-32(36)40(47-39)33-13-18-55-41(33)38/h4,6-10,13,18,20-23,26H,5,11-12,14-17,19,24-25H2,1-3H3/b6-4+. The highest BCUT2D eigenvalue weighted by Gasteiger charge is 2.30. The Morgan fingerprint density at radius 2 is 1.73 bits per heavy atom. The number of benzene rings is 2. The van der Waals surface area contributed by atoms with Crippen molar-refractivity contribution in [3.05, 3.63) is 95.2 Å². The molecule has 12 heteroatoms. The van der Waals surface area contributed by atoms with E-state index in [0.29, 0.717) is 85.0 Å². The first-order valence-electron chi connectivity index (χ1n) is 18.7. The van der Waals surface area contributed by atoms with Gasteiger partial charge in [0.05, 0.1) is 24.5 Å². The lowest BCUT2D eigenvalue weighted by atomic mass is 9.94. The summed E-state index contributed by atoms with van der Waals surface area (Å²) in [4.78, 5) is 40.0. The molecule has 4 bridgehead atoms. The van der Waals surface area contributed by atoms with Crippen LogP contribution in [0.25, 0.3) is 43.7 Å². The van der Waals surface area contributed by atoms with Gasteiger partial charge in [-0.2, -0.15) is 0 Å². The number of thiophene rings is 1. The lowest BCUT2D eigenvalue weighted by molar-refractivity contribution is -0.135. The van der Waals surface area contributed by atoms with Crippen LogP contribution in [0, 0.1) is 17.6 Å². The minimum atomic E-state index is -0.640. The Balaban J connectivity index is 1.31. The van der Waals surface area contributed by atoms with Gasteiger partial charge in [0, 0.05) is 94.8 Å². The van der Waals surface area contributed by atoms with Gasteiger partial charge in [0.25, 0.3) is 0 Å². The summed E-state index contributed by atoms with van der Waals surface area (Å²) in [5.74, 6) is -0.184. The average molecular weight is 765 g/mol. The Morgan fingerprint density at radius 3 is 2.51 bits per heavy atom. The van der Waals surface area contributed by atoms with Gasteiger partial charge in [-0.25, -0.2) is 18.6 Å².